The molecule has 1 fully saturated rings. The zero-order valence-electron chi connectivity index (χ0n) is 12.6. The van der Waals surface area contributed by atoms with E-state index in [1.54, 1.807) is 6.26 Å². The minimum atomic E-state index is -1.36. The number of aliphatic hydroxyl groups excluding tert-OH is 3. The fraction of sp³-hybridized carbons (Fsp3) is 0.538. The van der Waals surface area contributed by atoms with Gasteiger partial charge in [-0.05, 0) is 6.26 Å². The first-order valence-corrected chi connectivity index (χ1v) is 8.29. The molecule has 2 aromatic rings. The van der Waals surface area contributed by atoms with Gasteiger partial charge in [0.1, 0.15) is 23.7 Å². The number of rotatable bonds is 4. The maximum absolute atomic E-state index is 12.3. The van der Waals surface area contributed by atoms with Crippen molar-refractivity contribution >= 4 is 22.8 Å². The molecule has 0 spiro atoms. The molecule has 2 aromatic heterocycles. The van der Waals surface area contributed by atoms with E-state index >= 15 is 0 Å². The molecule has 128 valence electrons. The molecule has 4 N–H and O–H groups in total. The number of H-pyrrole nitrogens is 1. The standard InChI is InChI=1S/C13H15N5O5S/c1-24-13-15-10-7(11(22)16-13)5(2-3-14)17-18(10)12-9(21)8(20)6(4-19)23-12/h6,8-9,12,19-21H,2,4H2,1H3,(H,15,16,22)/t6-,8-,9-,12-/m1/s1. The van der Waals surface area contributed by atoms with E-state index in [1.165, 1.54) is 16.4 Å². The Balaban J connectivity index is 2.19. The molecule has 0 amide bonds. The SMILES string of the molecule is CSc1nc2c(c(CC#N)nn2[C@@H]2O[C@H](CO)[C@@H](O)[C@H]2O)c(=O)[nH]1. The molecule has 0 bridgehead atoms. The number of aromatic amines is 1. The maximum Gasteiger partial charge on any atom is 0.263 e. The number of hydrogen-bond acceptors (Lipinski definition) is 9. The fourth-order valence-corrected chi connectivity index (χ4v) is 3.02. The van der Waals surface area contributed by atoms with Crippen LogP contribution in [0.1, 0.15) is 11.9 Å². The Kier molecular flexibility index (Phi) is 4.57. The third-order valence-corrected chi connectivity index (χ3v) is 4.39. The Hall–Kier alpha value is -1.97. The van der Waals surface area contributed by atoms with Crippen LogP contribution < -0.4 is 5.56 Å². The number of aliphatic hydroxyl groups is 3. The van der Waals surface area contributed by atoms with Crippen LogP contribution in [-0.4, -0.2) is 66.2 Å². The van der Waals surface area contributed by atoms with Crippen molar-refractivity contribution in [3.8, 4) is 6.07 Å². The van der Waals surface area contributed by atoms with Gasteiger partial charge in [0.25, 0.3) is 5.56 Å². The van der Waals surface area contributed by atoms with Crippen molar-refractivity contribution in [2.45, 2.75) is 36.1 Å². The number of nitriles is 1. The van der Waals surface area contributed by atoms with Crippen molar-refractivity contribution < 1.29 is 20.1 Å². The van der Waals surface area contributed by atoms with Crippen LogP contribution in [0, 0.1) is 11.3 Å². The molecule has 3 heterocycles. The Morgan fingerprint density at radius 2 is 2.21 bits per heavy atom. The van der Waals surface area contributed by atoms with Crippen LogP contribution in [-0.2, 0) is 11.2 Å². The smallest absolute Gasteiger partial charge is 0.263 e. The lowest BCUT2D eigenvalue weighted by molar-refractivity contribution is -0.0568. The van der Waals surface area contributed by atoms with Gasteiger partial charge < -0.3 is 25.0 Å². The highest BCUT2D eigenvalue weighted by atomic mass is 32.2. The quantitative estimate of drug-likeness (QED) is 0.380. The zero-order valence-corrected chi connectivity index (χ0v) is 13.4. The lowest BCUT2D eigenvalue weighted by atomic mass is 10.1. The molecule has 0 aromatic carbocycles. The van der Waals surface area contributed by atoms with E-state index in [9.17, 15) is 20.1 Å². The highest BCUT2D eigenvalue weighted by Crippen LogP contribution is 2.31. The number of aromatic nitrogens is 4. The molecule has 4 atom stereocenters. The minimum absolute atomic E-state index is 0.123. The van der Waals surface area contributed by atoms with Gasteiger partial charge in [-0.15, -0.1) is 0 Å². The zero-order chi connectivity index (χ0) is 17.4. The molecule has 3 rings (SSSR count). The van der Waals surface area contributed by atoms with E-state index in [4.69, 9.17) is 10.00 Å². The average Bonchev–Trinajstić information content (AvgIpc) is 3.07. The second-order valence-electron chi connectivity index (χ2n) is 5.23. The molecule has 24 heavy (non-hydrogen) atoms. The van der Waals surface area contributed by atoms with Crippen LogP contribution in [0.25, 0.3) is 11.0 Å². The van der Waals surface area contributed by atoms with Crippen molar-refractivity contribution in [3.05, 3.63) is 16.0 Å². The molecule has 0 aliphatic carbocycles. The predicted octanol–water partition coefficient (Wildman–Crippen LogP) is -1.48. The molecule has 1 saturated heterocycles. The highest BCUT2D eigenvalue weighted by molar-refractivity contribution is 7.98. The van der Waals surface area contributed by atoms with Crippen LogP contribution in [0.15, 0.2) is 9.95 Å². The summed E-state index contributed by atoms with van der Waals surface area (Å²) in [5, 5.41) is 42.9. The summed E-state index contributed by atoms with van der Waals surface area (Å²) < 4.78 is 6.62. The first-order chi connectivity index (χ1) is 11.5. The van der Waals surface area contributed by atoms with E-state index < -0.39 is 36.7 Å². The molecule has 11 heteroatoms. The molecular formula is C13H15N5O5S. The average molecular weight is 353 g/mol. The van der Waals surface area contributed by atoms with Gasteiger partial charge in [-0.25, -0.2) is 9.67 Å². The highest BCUT2D eigenvalue weighted by Gasteiger charge is 2.44. The molecule has 0 unspecified atom stereocenters. The topological polar surface area (TPSA) is 157 Å². The lowest BCUT2D eigenvalue weighted by Gasteiger charge is -2.15. The number of nitrogens with zero attached hydrogens (tertiary/aromatic N) is 4. The monoisotopic (exact) mass is 353 g/mol. The Morgan fingerprint density at radius 3 is 2.79 bits per heavy atom. The normalized spacial score (nSPS) is 26.8. The van der Waals surface area contributed by atoms with Crippen LogP contribution >= 0.6 is 11.8 Å². The summed E-state index contributed by atoms with van der Waals surface area (Å²) in [4.78, 5) is 19.1. The third kappa shape index (κ3) is 2.58. The summed E-state index contributed by atoms with van der Waals surface area (Å²) >= 11 is 1.21. The van der Waals surface area contributed by atoms with Gasteiger partial charge in [0.05, 0.1) is 24.8 Å². The van der Waals surface area contributed by atoms with Crippen molar-refractivity contribution in [1.29, 1.82) is 5.26 Å². The van der Waals surface area contributed by atoms with Gasteiger partial charge in [0.2, 0.25) is 0 Å². The van der Waals surface area contributed by atoms with Crippen molar-refractivity contribution in [1.82, 2.24) is 19.7 Å². The van der Waals surface area contributed by atoms with E-state index in [0.717, 1.165) is 0 Å². The summed E-state index contributed by atoms with van der Waals surface area (Å²) in [5.74, 6) is 0. The Labute approximate surface area is 139 Å². The Morgan fingerprint density at radius 1 is 1.46 bits per heavy atom. The number of hydrogen-bond donors (Lipinski definition) is 4. The maximum atomic E-state index is 12.3. The summed E-state index contributed by atoms with van der Waals surface area (Å²) in [7, 11) is 0. The van der Waals surface area contributed by atoms with Crippen LogP contribution in [0.4, 0.5) is 0 Å². The van der Waals surface area contributed by atoms with E-state index in [1.807, 2.05) is 6.07 Å². The van der Waals surface area contributed by atoms with Gasteiger partial charge in [-0.3, -0.25) is 4.79 Å². The van der Waals surface area contributed by atoms with Crippen LogP contribution in [0.5, 0.6) is 0 Å². The Bertz CT molecular complexity index is 859. The third-order valence-electron chi connectivity index (χ3n) is 3.81. The predicted molar refractivity (Wildman–Crippen MR) is 82.3 cm³/mol. The molecular weight excluding hydrogens is 338 g/mol. The van der Waals surface area contributed by atoms with Gasteiger partial charge in [-0.2, -0.15) is 10.4 Å². The summed E-state index contributed by atoms with van der Waals surface area (Å²) in [5.41, 5.74) is -0.109. The summed E-state index contributed by atoms with van der Waals surface area (Å²) in [6.45, 7) is -0.483. The van der Waals surface area contributed by atoms with Gasteiger partial charge in [0, 0.05) is 0 Å². The molecule has 0 radical (unpaired) electrons. The summed E-state index contributed by atoms with van der Waals surface area (Å²) in [6, 6.07) is 1.92. The lowest BCUT2D eigenvalue weighted by Crippen LogP contribution is -2.33. The van der Waals surface area contributed by atoms with Crippen LogP contribution in [0.2, 0.25) is 0 Å². The fourth-order valence-electron chi connectivity index (χ4n) is 2.65. The van der Waals surface area contributed by atoms with E-state index in [0.29, 0.717) is 5.16 Å². The molecule has 10 nitrogen and oxygen atoms in total. The van der Waals surface area contributed by atoms with Crippen molar-refractivity contribution in [3.63, 3.8) is 0 Å². The second-order valence-corrected chi connectivity index (χ2v) is 6.02. The van der Waals surface area contributed by atoms with E-state index in [-0.39, 0.29) is 23.1 Å². The number of fused-ring (bicyclic) bond motifs is 1. The first-order valence-electron chi connectivity index (χ1n) is 7.06. The van der Waals surface area contributed by atoms with E-state index in [2.05, 4.69) is 15.1 Å². The summed E-state index contributed by atoms with van der Waals surface area (Å²) in [6.07, 6.45) is -3.17. The van der Waals surface area contributed by atoms with Crippen molar-refractivity contribution in [2.24, 2.45) is 0 Å². The van der Waals surface area contributed by atoms with Gasteiger partial charge in [0.15, 0.2) is 17.0 Å². The number of nitrogens with one attached hydrogen (secondary N) is 1. The largest absolute Gasteiger partial charge is 0.394 e. The second kappa shape index (κ2) is 6.50. The van der Waals surface area contributed by atoms with Crippen LogP contribution in [0.3, 0.4) is 0 Å². The van der Waals surface area contributed by atoms with Gasteiger partial charge in [-0.1, -0.05) is 11.8 Å². The molecule has 0 saturated carbocycles. The number of ether oxygens (including phenoxy) is 1. The van der Waals surface area contributed by atoms with Gasteiger partial charge >= 0.3 is 0 Å². The number of thioether (sulfide) groups is 1. The minimum Gasteiger partial charge on any atom is -0.394 e. The molecule has 1 aliphatic heterocycles. The van der Waals surface area contributed by atoms with Crippen molar-refractivity contribution in [2.75, 3.05) is 12.9 Å². The molecule has 1 aliphatic rings. The first kappa shape index (κ1) is 16.9.